The first-order valence-corrected chi connectivity index (χ1v) is 8.23. The molecule has 3 aromatic carbocycles. The number of fused-ring (bicyclic) bond motifs is 2. The van der Waals surface area contributed by atoms with Crippen molar-refractivity contribution in [2.45, 2.75) is 6.42 Å². The topological polar surface area (TPSA) is 42.0 Å². The van der Waals surface area contributed by atoms with Crippen molar-refractivity contribution in [2.75, 3.05) is 5.32 Å². The van der Waals surface area contributed by atoms with Gasteiger partial charge in [0.05, 0.1) is 16.6 Å². The van der Waals surface area contributed by atoms with Crippen LogP contribution in [0.25, 0.3) is 21.0 Å². The number of nitrogens with one attached hydrogen (secondary N) is 1. The highest BCUT2D eigenvalue weighted by Gasteiger charge is 2.09. The second-order valence-corrected chi connectivity index (χ2v) is 6.48. The molecule has 0 spiro atoms. The Morgan fingerprint density at radius 3 is 2.61 bits per heavy atom. The van der Waals surface area contributed by atoms with E-state index in [-0.39, 0.29) is 5.91 Å². The largest absolute Gasteiger partial charge is 0.326 e. The number of aromatic nitrogens is 1. The molecule has 0 atom stereocenters. The van der Waals surface area contributed by atoms with Crippen molar-refractivity contribution in [1.29, 1.82) is 0 Å². The summed E-state index contributed by atoms with van der Waals surface area (Å²) in [4.78, 5) is 16.8. The van der Waals surface area contributed by atoms with E-state index in [9.17, 15) is 4.79 Å². The van der Waals surface area contributed by atoms with E-state index in [4.69, 9.17) is 0 Å². The van der Waals surface area contributed by atoms with Crippen LogP contribution in [0, 0.1) is 0 Å². The van der Waals surface area contributed by atoms with Gasteiger partial charge in [-0.1, -0.05) is 42.5 Å². The molecule has 1 heterocycles. The molecule has 4 heteroatoms. The number of para-hydroxylation sites is 1. The molecular weight excluding hydrogens is 304 g/mol. The minimum atomic E-state index is -0.0423. The summed E-state index contributed by atoms with van der Waals surface area (Å²) in [5.41, 5.74) is 1.76. The molecule has 0 radical (unpaired) electrons. The zero-order chi connectivity index (χ0) is 15.6. The Kier molecular flexibility index (Phi) is 3.52. The van der Waals surface area contributed by atoms with Crippen LogP contribution < -0.4 is 5.32 Å². The molecule has 0 unspecified atom stereocenters. The van der Waals surface area contributed by atoms with E-state index in [1.165, 1.54) is 0 Å². The molecule has 0 saturated carbocycles. The lowest BCUT2D eigenvalue weighted by atomic mass is 10.1. The SMILES string of the molecule is O=C(Cc1nc2ccccc2s1)Nc1ccc2ccccc2c1. The van der Waals surface area contributed by atoms with Gasteiger partial charge in [0.15, 0.2) is 0 Å². The van der Waals surface area contributed by atoms with Gasteiger partial charge in [0, 0.05) is 5.69 Å². The standard InChI is InChI=1S/C19H14N2OS/c22-18(12-19-21-16-7-3-4-8-17(16)23-19)20-15-10-9-13-5-1-2-6-14(13)11-15/h1-11H,12H2,(H,20,22). The lowest BCUT2D eigenvalue weighted by Gasteiger charge is -2.05. The summed E-state index contributed by atoms with van der Waals surface area (Å²) in [6, 6.07) is 22.0. The Morgan fingerprint density at radius 2 is 1.74 bits per heavy atom. The first kappa shape index (κ1) is 13.9. The Hall–Kier alpha value is -2.72. The van der Waals surface area contributed by atoms with E-state index in [0.29, 0.717) is 6.42 Å². The molecule has 4 rings (SSSR count). The minimum absolute atomic E-state index is 0.0423. The van der Waals surface area contributed by atoms with Crippen molar-refractivity contribution < 1.29 is 4.79 Å². The van der Waals surface area contributed by atoms with Crippen LogP contribution in [-0.4, -0.2) is 10.9 Å². The Bertz CT molecular complexity index is 973. The number of hydrogen-bond donors (Lipinski definition) is 1. The lowest BCUT2D eigenvalue weighted by Crippen LogP contribution is -2.14. The Morgan fingerprint density at radius 1 is 0.957 bits per heavy atom. The van der Waals surface area contributed by atoms with Crippen LogP contribution in [0.15, 0.2) is 66.7 Å². The van der Waals surface area contributed by atoms with E-state index in [1.54, 1.807) is 11.3 Å². The fourth-order valence-electron chi connectivity index (χ4n) is 2.61. The summed E-state index contributed by atoms with van der Waals surface area (Å²) < 4.78 is 1.11. The number of rotatable bonds is 3. The highest BCUT2D eigenvalue weighted by atomic mass is 32.1. The van der Waals surface area contributed by atoms with Crippen molar-refractivity contribution in [2.24, 2.45) is 0 Å². The van der Waals surface area contributed by atoms with Crippen LogP contribution >= 0.6 is 11.3 Å². The zero-order valence-corrected chi connectivity index (χ0v) is 13.1. The van der Waals surface area contributed by atoms with Gasteiger partial charge in [0.2, 0.25) is 5.91 Å². The van der Waals surface area contributed by atoms with Crippen LogP contribution in [0.4, 0.5) is 5.69 Å². The maximum Gasteiger partial charge on any atom is 0.231 e. The lowest BCUT2D eigenvalue weighted by molar-refractivity contribution is -0.115. The molecule has 1 amide bonds. The van der Waals surface area contributed by atoms with Crippen LogP contribution in [0.2, 0.25) is 0 Å². The summed E-state index contributed by atoms with van der Waals surface area (Å²) in [6.07, 6.45) is 0.298. The molecule has 0 aliphatic rings. The molecule has 3 nitrogen and oxygen atoms in total. The van der Waals surface area contributed by atoms with E-state index in [0.717, 1.165) is 31.7 Å². The van der Waals surface area contributed by atoms with Gasteiger partial charge in [-0.2, -0.15) is 0 Å². The second kappa shape index (κ2) is 5.82. The summed E-state index contributed by atoms with van der Waals surface area (Å²) in [6.45, 7) is 0. The average molecular weight is 318 g/mol. The summed E-state index contributed by atoms with van der Waals surface area (Å²) in [7, 11) is 0. The van der Waals surface area contributed by atoms with Gasteiger partial charge in [-0.3, -0.25) is 4.79 Å². The monoisotopic (exact) mass is 318 g/mol. The van der Waals surface area contributed by atoms with Crippen molar-refractivity contribution >= 4 is 43.9 Å². The Labute approximate surface area is 137 Å². The summed E-state index contributed by atoms with van der Waals surface area (Å²) in [5.74, 6) is -0.0423. The minimum Gasteiger partial charge on any atom is -0.326 e. The number of hydrogen-bond acceptors (Lipinski definition) is 3. The van der Waals surface area contributed by atoms with E-state index >= 15 is 0 Å². The van der Waals surface area contributed by atoms with Crippen LogP contribution in [-0.2, 0) is 11.2 Å². The fraction of sp³-hybridized carbons (Fsp3) is 0.0526. The first-order valence-electron chi connectivity index (χ1n) is 7.41. The van der Waals surface area contributed by atoms with E-state index < -0.39 is 0 Å². The third kappa shape index (κ3) is 2.94. The second-order valence-electron chi connectivity index (χ2n) is 5.36. The Balaban J connectivity index is 1.52. The van der Waals surface area contributed by atoms with Crippen LogP contribution in [0.1, 0.15) is 5.01 Å². The number of carbonyl (C=O) groups excluding carboxylic acids is 1. The van der Waals surface area contributed by atoms with E-state index in [1.807, 2.05) is 60.7 Å². The molecule has 0 bridgehead atoms. The number of thiazole rings is 1. The highest BCUT2D eigenvalue weighted by Crippen LogP contribution is 2.23. The van der Waals surface area contributed by atoms with Crippen molar-refractivity contribution in [3.05, 3.63) is 71.7 Å². The molecule has 112 valence electrons. The molecule has 1 N–H and O–H groups in total. The van der Waals surface area contributed by atoms with Crippen LogP contribution in [0.3, 0.4) is 0 Å². The van der Waals surface area contributed by atoms with Gasteiger partial charge >= 0.3 is 0 Å². The smallest absolute Gasteiger partial charge is 0.231 e. The van der Waals surface area contributed by atoms with Crippen LogP contribution in [0.5, 0.6) is 0 Å². The van der Waals surface area contributed by atoms with Gasteiger partial charge in [-0.25, -0.2) is 4.98 Å². The third-order valence-electron chi connectivity index (χ3n) is 3.68. The molecule has 1 aromatic heterocycles. The van der Waals surface area contributed by atoms with Crippen molar-refractivity contribution in [1.82, 2.24) is 4.98 Å². The first-order chi connectivity index (χ1) is 11.3. The highest BCUT2D eigenvalue weighted by molar-refractivity contribution is 7.18. The van der Waals surface area contributed by atoms with Gasteiger partial charge in [-0.15, -0.1) is 11.3 Å². The molecular formula is C19H14N2OS. The average Bonchev–Trinajstić information content (AvgIpc) is 2.96. The molecule has 0 aliphatic heterocycles. The number of anilines is 1. The van der Waals surface area contributed by atoms with Crippen molar-refractivity contribution in [3.8, 4) is 0 Å². The third-order valence-corrected chi connectivity index (χ3v) is 4.72. The predicted octanol–water partition coefficient (Wildman–Crippen LogP) is 4.63. The number of carbonyl (C=O) groups is 1. The molecule has 0 aliphatic carbocycles. The predicted molar refractivity (Wildman–Crippen MR) is 95.9 cm³/mol. The van der Waals surface area contributed by atoms with Gasteiger partial charge in [0.1, 0.15) is 5.01 Å². The molecule has 0 fully saturated rings. The van der Waals surface area contributed by atoms with Gasteiger partial charge < -0.3 is 5.32 Å². The van der Waals surface area contributed by atoms with E-state index in [2.05, 4.69) is 16.4 Å². The zero-order valence-electron chi connectivity index (χ0n) is 12.3. The quantitative estimate of drug-likeness (QED) is 0.598. The van der Waals surface area contributed by atoms with Crippen molar-refractivity contribution in [3.63, 3.8) is 0 Å². The molecule has 0 saturated heterocycles. The summed E-state index contributed by atoms with van der Waals surface area (Å²) in [5, 5.41) is 6.07. The maximum atomic E-state index is 12.3. The number of amides is 1. The fourth-order valence-corrected chi connectivity index (χ4v) is 3.57. The molecule has 4 aromatic rings. The number of nitrogens with zero attached hydrogens (tertiary/aromatic N) is 1. The molecule has 23 heavy (non-hydrogen) atoms. The van der Waals surface area contributed by atoms with Gasteiger partial charge in [0.25, 0.3) is 0 Å². The normalized spacial score (nSPS) is 11.0. The summed E-state index contributed by atoms with van der Waals surface area (Å²) >= 11 is 1.57. The maximum absolute atomic E-state index is 12.3. The van der Waals surface area contributed by atoms with Gasteiger partial charge in [-0.05, 0) is 35.0 Å². The number of benzene rings is 3.